The first kappa shape index (κ1) is 29.5. The van der Waals surface area contributed by atoms with Crippen molar-refractivity contribution in [2.24, 2.45) is 5.92 Å². The molecule has 1 aromatic rings. The first-order chi connectivity index (χ1) is 17.1. The Morgan fingerprint density at radius 1 is 1.22 bits per heavy atom. The number of ether oxygens (including phenoxy) is 2. The molecule has 1 heterocycles. The minimum Gasteiger partial charge on any atom is -0.481 e. The molecule has 0 spiro atoms. The number of amides is 2. The lowest BCUT2D eigenvalue weighted by Crippen LogP contribution is -2.60. The molecule has 0 aliphatic carbocycles. The first-order valence-corrected chi connectivity index (χ1v) is 12.9. The molecule has 3 N–H and O–H groups in total. The summed E-state index contributed by atoms with van der Waals surface area (Å²) >= 11 is 0. The Labute approximate surface area is 211 Å². The smallest absolute Gasteiger partial charge is 0.284 e. The lowest BCUT2D eigenvalue weighted by atomic mass is 10.1. The standard InChI is InChI=1S/C23H34N4O8S/c1-4-5-14-35-19-6-8-20(9-7-19)36(32,33)26(11-10-25-12-15-34-16-13-25)23(22(29)24-30)27(31)21(28)17-18(2)3/h6-9,18,23,30-31H,10-17H2,1-3H3,(H,24,29). The van der Waals surface area contributed by atoms with E-state index in [0.29, 0.717) is 36.4 Å². The molecule has 2 amide bonds. The predicted molar refractivity (Wildman–Crippen MR) is 128 cm³/mol. The number of carbonyl (C=O) groups excluding carboxylic acids is 2. The highest BCUT2D eigenvalue weighted by Gasteiger charge is 2.42. The Morgan fingerprint density at radius 2 is 1.86 bits per heavy atom. The van der Waals surface area contributed by atoms with E-state index >= 15 is 0 Å². The van der Waals surface area contributed by atoms with Crippen LogP contribution < -0.4 is 10.2 Å². The molecule has 1 atom stereocenters. The van der Waals surface area contributed by atoms with E-state index in [1.165, 1.54) is 29.7 Å². The molecule has 1 aliphatic heterocycles. The van der Waals surface area contributed by atoms with Crippen LogP contribution >= 0.6 is 0 Å². The maximum Gasteiger partial charge on any atom is 0.284 e. The van der Waals surface area contributed by atoms with Crippen LogP contribution in [-0.2, 0) is 24.3 Å². The van der Waals surface area contributed by atoms with Crippen molar-refractivity contribution >= 4 is 21.8 Å². The van der Waals surface area contributed by atoms with Gasteiger partial charge in [-0.2, -0.15) is 9.37 Å². The second-order valence-electron chi connectivity index (χ2n) is 8.44. The third-order valence-corrected chi connectivity index (χ3v) is 7.21. The van der Waals surface area contributed by atoms with Crippen LogP contribution in [0.15, 0.2) is 29.2 Å². The number of rotatable bonds is 12. The van der Waals surface area contributed by atoms with Gasteiger partial charge in [-0.3, -0.25) is 24.9 Å². The Bertz CT molecular complexity index is 1030. The van der Waals surface area contributed by atoms with Gasteiger partial charge >= 0.3 is 0 Å². The predicted octanol–water partition coefficient (Wildman–Crippen LogP) is 0.507. The number of sulfonamides is 1. The molecular weight excluding hydrogens is 492 g/mol. The molecule has 0 radical (unpaired) electrons. The zero-order valence-corrected chi connectivity index (χ0v) is 21.5. The fourth-order valence-electron chi connectivity index (χ4n) is 3.47. The van der Waals surface area contributed by atoms with Crippen molar-refractivity contribution in [2.45, 2.75) is 38.3 Å². The van der Waals surface area contributed by atoms with Crippen LogP contribution in [-0.4, -0.2) is 97.1 Å². The number of nitrogens with one attached hydrogen (secondary N) is 1. The topological polar surface area (TPSA) is 149 Å². The van der Waals surface area contributed by atoms with Crippen molar-refractivity contribution in [1.82, 2.24) is 19.7 Å². The van der Waals surface area contributed by atoms with Gasteiger partial charge in [0.1, 0.15) is 12.4 Å². The molecule has 1 aliphatic rings. The fraction of sp³-hybridized carbons (Fsp3) is 0.565. The van der Waals surface area contributed by atoms with Crippen LogP contribution in [0.1, 0.15) is 27.2 Å². The summed E-state index contributed by atoms with van der Waals surface area (Å²) in [5, 5.41) is 20.0. The number of nitrogens with zero attached hydrogens (tertiary/aromatic N) is 3. The molecule has 13 heteroatoms. The minimum absolute atomic E-state index is 0.0588. The van der Waals surface area contributed by atoms with Crippen molar-refractivity contribution in [3.05, 3.63) is 24.3 Å². The van der Waals surface area contributed by atoms with Crippen molar-refractivity contribution in [3.63, 3.8) is 0 Å². The van der Waals surface area contributed by atoms with Crippen molar-refractivity contribution in [2.75, 3.05) is 46.0 Å². The lowest BCUT2D eigenvalue weighted by Gasteiger charge is -2.35. The molecule has 1 saturated heterocycles. The number of hydroxylamine groups is 3. The average molecular weight is 527 g/mol. The normalized spacial score (nSPS) is 15.2. The van der Waals surface area contributed by atoms with Crippen molar-refractivity contribution < 1.29 is 37.9 Å². The second kappa shape index (κ2) is 14.1. The number of carbonyl (C=O) groups is 2. The zero-order chi connectivity index (χ0) is 26.7. The van der Waals surface area contributed by atoms with Gasteiger partial charge in [-0.25, -0.2) is 13.9 Å². The second-order valence-corrected chi connectivity index (χ2v) is 10.3. The van der Waals surface area contributed by atoms with Gasteiger partial charge in [-0.05, 0) is 37.1 Å². The average Bonchev–Trinajstić information content (AvgIpc) is 2.86. The van der Waals surface area contributed by atoms with Crippen LogP contribution in [0.5, 0.6) is 5.75 Å². The Balaban J connectivity index is 2.42. The maximum absolute atomic E-state index is 13.7. The molecule has 1 unspecified atom stereocenters. The van der Waals surface area contributed by atoms with Crippen LogP contribution in [0.3, 0.4) is 0 Å². The monoisotopic (exact) mass is 526 g/mol. The lowest BCUT2D eigenvalue weighted by molar-refractivity contribution is -0.193. The third-order valence-electron chi connectivity index (χ3n) is 5.35. The molecule has 0 bridgehead atoms. The van der Waals surface area contributed by atoms with Crippen LogP contribution in [0.25, 0.3) is 0 Å². The van der Waals surface area contributed by atoms with Crippen molar-refractivity contribution in [3.8, 4) is 17.6 Å². The zero-order valence-electron chi connectivity index (χ0n) is 20.7. The van der Waals surface area contributed by atoms with Gasteiger partial charge in [0.25, 0.3) is 5.91 Å². The fourth-order valence-corrected chi connectivity index (χ4v) is 4.99. The van der Waals surface area contributed by atoms with Crippen molar-refractivity contribution in [1.29, 1.82) is 0 Å². The van der Waals surface area contributed by atoms with Gasteiger partial charge in [0.05, 0.1) is 18.1 Å². The van der Waals surface area contributed by atoms with Gasteiger partial charge in [-0.15, -0.1) is 5.92 Å². The molecule has 2 rings (SSSR count). The summed E-state index contributed by atoms with van der Waals surface area (Å²) in [6, 6.07) is 5.45. The van der Waals surface area contributed by atoms with E-state index < -0.39 is 28.0 Å². The highest BCUT2D eigenvalue weighted by molar-refractivity contribution is 7.89. The summed E-state index contributed by atoms with van der Waals surface area (Å²) in [6.07, 6.45) is -2.18. The largest absolute Gasteiger partial charge is 0.481 e. The van der Waals surface area contributed by atoms with Gasteiger partial charge in [0.15, 0.2) is 0 Å². The van der Waals surface area contributed by atoms with E-state index in [1.54, 1.807) is 20.8 Å². The molecule has 0 saturated carbocycles. The Hall–Kier alpha value is -2.73. The molecule has 36 heavy (non-hydrogen) atoms. The molecule has 200 valence electrons. The van der Waals surface area contributed by atoms with E-state index in [0.717, 1.165) is 0 Å². The van der Waals surface area contributed by atoms with Crippen LogP contribution in [0.2, 0.25) is 0 Å². The molecule has 0 aromatic heterocycles. The summed E-state index contributed by atoms with van der Waals surface area (Å²) < 4.78 is 38.8. The summed E-state index contributed by atoms with van der Waals surface area (Å²) in [4.78, 5) is 27.0. The summed E-state index contributed by atoms with van der Waals surface area (Å²) in [6.45, 7) is 7.23. The molecule has 1 fully saturated rings. The quantitative estimate of drug-likeness (QED) is 0.153. The van der Waals surface area contributed by atoms with E-state index in [1.807, 2.05) is 4.90 Å². The van der Waals surface area contributed by atoms with Crippen LogP contribution in [0.4, 0.5) is 0 Å². The number of hydrogen-bond donors (Lipinski definition) is 3. The highest BCUT2D eigenvalue weighted by atomic mass is 32.2. The van der Waals surface area contributed by atoms with E-state index in [-0.39, 0.29) is 42.0 Å². The maximum atomic E-state index is 13.7. The number of hydrogen-bond acceptors (Lipinski definition) is 9. The summed E-state index contributed by atoms with van der Waals surface area (Å²) in [7, 11) is -4.44. The van der Waals surface area contributed by atoms with Gasteiger partial charge in [-0.1, -0.05) is 19.8 Å². The first-order valence-electron chi connectivity index (χ1n) is 11.5. The Morgan fingerprint density at radius 3 is 2.42 bits per heavy atom. The Kier molecular flexibility index (Phi) is 11.6. The van der Waals surface area contributed by atoms with Gasteiger partial charge in [0.2, 0.25) is 22.1 Å². The molecular formula is C23H34N4O8S. The van der Waals surface area contributed by atoms with Gasteiger partial charge < -0.3 is 9.47 Å². The highest BCUT2D eigenvalue weighted by Crippen LogP contribution is 2.23. The van der Waals surface area contributed by atoms with E-state index in [2.05, 4.69) is 11.8 Å². The number of benzene rings is 1. The van der Waals surface area contributed by atoms with Gasteiger partial charge in [0, 0.05) is 32.6 Å². The minimum atomic E-state index is -4.44. The molecule has 12 nitrogen and oxygen atoms in total. The summed E-state index contributed by atoms with van der Waals surface area (Å²) in [5.41, 5.74) is 1.37. The molecule has 1 aromatic carbocycles. The third kappa shape index (κ3) is 8.16. The summed E-state index contributed by atoms with van der Waals surface area (Å²) in [5.74, 6) is 3.48. The van der Waals surface area contributed by atoms with E-state index in [4.69, 9.17) is 9.47 Å². The van der Waals surface area contributed by atoms with Crippen LogP contribution in [0, 0.1) is 17.8 Å². The number of morpholine rings is 1. The SMILES string of the molecule is CC#CCOc1ccc(S(=O)(=O)N(CCN2CCOCC2)C(C(=O)NO)N(O)C(=O)CC(C)C)cc1. The van der Waals surface area contributed by atoms with E-state index in [9.17, 15) is 28.4 Å².